The van der Waals surface area contributed by atoms with Crippen LogP contribution in [0.4, 0.5) is 4.79 Å². The van der Waals surface area contributed by atoms with Crippen molar-refractivity contribution in [3.8, 4) is 0 Å². The number of amides is 1. The van der Waals surface area contributed by atoms with Crippen molar-refractivity contribution in [3.05, 3.63) is 12.3 Å². The van der Waals surface area contributed by atoms with Crippen molar-refractivity contribution in [1.29, 1.82) is 0 Å². The van der Waals surface area contributed by atoms with E-state index in [1.807, 2.05) is 6.92 Å². The number of carbonyl (C=O) groups is 1. The van der Waals surface area contributed by atoms with Gasteiger partial charge in [0, 0.05) is 0 Å². The SMILES string of the molecule is CCO/C=C/[C@@H](NC(=O)OC(C)(C)C)C(C)O. The first-order valence-corrected chi connectivity index (χ1v) is 5.72. The van der Waals surface area contributed by atoms with E-state index in [4.69, 9.17) is 9.47 Å². The van der Waals surface area contributed by atoms with Gasteiger partial charge in [-0.3, -0.25) is 0 Å². The minimum absolute atomic E-state index is 0.531. The minimum Gasteiger partial charge on any atom is -0.502 e. The molecular formula is C12H23NO4. The molecule has 0 aliphatic rings. The smallest absolute Gasteiger partial charge is 0.408 e. The van der Waals surface area contributed by atoms with E-state index in [1.54, 1.807) is 33.8 Å². The summed E-state index contributed by atoms with van der Waals surface area (Å²) < 4.78 is 10.1. The van der Waals surface area contributed by atoms with Gasteiger partial charge in [0.05, 0.1) is 25.0 Å². The zero-order chi connectivity index (χ0) is 13.5. The van der Waals surface area contributed by atoms with Gasteiger partial charge < -0.3 is 19.9 Å². The molecule has 0 aromatic carbocycles. The molecule has 0 aliphatic carbocycles. The molecule has 1 amide bonds. The maximum Gasteiger partial charge on any atom is 0.408 e. The molecule has 0 fully saturated rings. The molecule has 0 aromatic heterocycles. The van der Waals surface area contributed by atoms with E-state index >= 15 is 0 Å². The Morgan fingerprint density at radius 3 is 2.47 bits per heavy atom. The van der Waals surface area contributed by atoms with E-state index in [0.717, 1.165) is 0 Å². The third kappa shape index (κ3) is 8.56. The number of nitrogens with one attached hydrogen (secondary N) is 1. The van der Waals surface area contributed by atoms with Crippen molar-refractivity contribution in [2.45, 2.75) is 52.4 Å². The first-order valence-electron chi connectivity index (χ1n) is 5.72. The fraction of sp³-hybridized carbons (Fsp3) is 0.750. The largest absolute Gasteiger partial charge is 0.502 e. The highest BCUT2D eigenvalue weighted by molar-refractivity contribution is 5.68. The molecule has 0 spiro atoms. The van der Waals surface area contributed by atoms with Gasteiger partial charge in [0.15, 0.2) is 0 Å². The summed E-state index contributed by atoms with van der Waals surface area (Å²) in [7, 11) is 0. The summed E-state index contributed by atoms with van der Waals surface area (Å²) in [5.74, 6) is 0. The monoisotopic (exact) mass is 245 g/mol. The number of ether oxygens (including phenoxy) is 2. The van der Waals surface area contributed by atoms with Gasteiger partial charge in [-0.25, -0.2) is 4.79 Å². The maximum atomic E-state index is 11.5. The minimum atomic E-state index is -0.723. The first-order chi connectivity index (χ1) is 7.76. The van der Waals surface area contributed by atoms with Crippen molar-refractivity contribution in [3.63, 3.8) is 0 Å². The van der Waals surface area contributed by atoms with Gasteiger partial charge >= 0.3 is 6.09 Å². The molecule has 0 heterocycles. The van der Waals surface area contributed by atoms with Crippen LogP contribution in [0.1, 0.15) is 34.6 Å². The second-order valence-corrected chi connectivity index (χ2v) is 4.70. The number of hydrogen-bond donors (Lipinski definition) is 2. The molecule has 0 bridgehead atoms. The van der Waals surface area contributed by atoms with Crippen LogP contribution in [0.25, 0.3) is 0 Å². The lowest BCUT2D eigenvalue weighted by atomic mass is 10.2. The molecule has 0 saturated heterocycles. The van der Waals surface area contributed by atoms with Crippen molar-refractivity contribution in [1.82, 2.24) is 5.32 Å². The molecule has 0 rings (SSSR count). The normalized spacial score (nSPS) is 15.4. The van der Waals surface area contributed by atoms with Crippen LogP contribution in [0, 0.1) is 0 Å². The fourth-order valence-corrected chi connectivity index (χ4v) is 1.01. The average molecular weight is 245 g/mol. The molecule has 0 radical (unpaired) electrons. The quantitative estimate of drug-likeness (QED) is 0.725. The second-order valence-electron chi connectivity index (χ2n) is 4.70. The second kappa shape index (κ2) is 7.17. The van der Waals surface area contributed by atoms with Crippen LogP contribution < -0.4 is 5.32 Å². The van der Waals surface area contributed by atoms with Gasteiger partial charge in [-0.15, -0.1) is 0 Å². The highest BCUT2D eigenvalue weighted by atomic mass is 16.6. The molecule has 2 atom stereocenters. The van der Waals surface area contributed by atoms with Gasteiger partial charge in [0.1, 0.15) is 5.60 Å². The van der Waals surface area contributed by atoms with E-state index in [0.29, 0.717) is 6.61 Å². The average Bonchev–Trinajstić information content (AvgIpc) is 2.13. The molecule has 0 saturated carbocycles. The highest BCUT2D eigenvalue weighted by Gasteiger charge is 2.20. The van der Waals surface area contributed by atoms with Crippen molar-refractivity contribution in [2.75, 3.05) is 6.61 Å². The van der Waals surface area contributed by atoms with Crippen LogP contribution in [0.3, 0.4) is 0 Å². The van der Waals surface area contributed by atoms with E-state index in [9.17, 15) is 9.90 Å². The van der Waals surface area contributed by atoms with Gasteiger partial charge in [0.2, 0.25) is 0 Å². The topological polar surface area (TPSA) is 67.8 Å². The van der Waals surface area contributed by atoms with Crippen LogP contribution in [0.2, 0.25) is 0 Å². The Balaban J connectivity index is 4.30. The van der Waals surface area contributed by atoms with Crippen LogP contribution in [-0.2, 0) is 9.47 Å². The Bertz CT molecular complexity index is 256. The number of aliphatic hydroxyl groups is 1. The first kappa shape index (κ1) is 15.8. The van der Waals surface area contributed by atoms with Crippen LogP contribution in [0.5, 0.6) is 0 Å². The summed E-state index contributed by atoms with van der Waals surface area (Å²) in [6, 6.07) is -0.531. The lowest BCUT2D eigenvalue weighted by Crippen LogP contribution is -2.43. The molecule has 100 valence electrons. The summed E-state index contributed by atoms with van der Waals surface area (Å²) >= 11 is 0. The third-order valence-electron chi connectivity index (χ3n) is 1.75. The molecule has 0 aromatic rings. The molecule has 5 heteroatoms. The standard InChI is InChI=1S/C12H23NO4/c1-6-16-8-7-10(9(2)14)13-11(15)17-12(3,4)5/h7-10,14H,6H2,1-5H3,(H,13,15)/b8-7+/t9?,10-/m1/s1. The van der Waals surface area contributed by atoms with Crippen molar-refractivity contribution in [2.24, 2.45) is 0 Å². The molecule has 17 heavy (non-hydrogen) atoms. The van der Waals surface area contributed by atoms with Gasteiger partial charge in [-0.1, -0.05) is 0 Å². The Hall–Kier alpha value is -1.23. The van der Waals surface area contributed by atoms with Gasteiger partial charge in [-0.05, 0) is 40.7 Å². The van der Waals surface area contributed by atoms with Crippen LogP contribution in [-0.4, -0.2) is 35.6 Å². The van der Waals surface area contributed by atoms with Gasteiger partial charge in [-0.2, -0.15) is 0 Å². The number of aliphatic hydroxyl groups excluding tert-OH is 1. The van der Waals surface area contributed by atoms with Crippen molar-refractivity contribution >= 4 is 6.09 Å². The number of carbonyl (C=O) groups excluding carboxylic acids is 1. The summed E-state index contributed by atoms with van der Waals surface area (Å²) in [5, 5.41) is 12.0. The molecule has 5 nitrogen and oxygen atoms in total. The Morgan fingerprint density at radius 2 is 2.06 bits per heavy atom. The highest BCUT2D eigenvalue weighted by Crippen LogP contribution is 2.07. The third-order valence-corrected chi connectivity index (χ3v) is 1.75. The predicted molar refractivity (Wildman–Crippen MR) is 65.6 cm³/mol. The Morgan fingerprint density at radius 1 is 1.47 bits per heavy atom. The lowest BCUT2D eigenvalue weighted by molar-refractivity contribution is 0.0464. The zero-order valence-electron chi connectivity index (χ0n) is 11.2. The maximum absolute atomic E-state index is 11.5. The van der Waals surface area contributed by atoms with Crippen LogP contribution >= 0.6 is 0 Å². The summed E-state index contributed by atoms with van der Waals surface area (Å²) in [6.07, 6.45) is 1.75. The summed E-state index contributed by atoms with van der Waals surface area (Å²) in [6.45, 7) is 9.30. The number of alkyl carbamates (subject to hydrolysis) is 1. The van der Waals surface area contributed by atoms with Crippen molar-refractivity contribution < 1.29 is 19.4 Å². The lowest BCUT2D eigenvalue weighted by Gasteiger charge is -2.23. The Kier molecular flexibility index (Phi) is 6.65. The molecular weight excluding hydrogens is 222 g/mol. The Labute approximate surface area is 103 Å². The van der Waals surface area contributed by atoms with E-state index in [2.05, 4.69) is 5.32 Å². The molecule has 1 unspecified atom stereocenters. The predicted octanol–water partition coefficient (Wildman–Crippen LogP) is 1.81. The number of rotatable bonds is 5. The van der Waals surface area contributed by atoms with Gasteiger partial charge in [0.25, 0.3) is 0 Å². The zero-order valence-corrected chi connectivity index (χ0v) is 11.2. The summed E-state index contributed by atoms with van der Waals surface area (Å²) in [4.78, 5) is 11.5. The number of hydrogen-bond acceptors (Lipinski definition) is 4. The van der Waals surface area contributed by atoms with E-state index < -0.39 is 23.8 Å². The van der Waals surface area contributed by atoms with Crippen LogP contribution in [0.15, 0.2) is 12.3 Å². The summed E-state index contributed by atoms with van der Waals surface area (Å²) in [5.41, 5.74) is -0.559. The molecule has 2 N–H and O–H groups in total. The van der Waals surface area contributed by atoms with E-state index in [1.165, 1.54) is 6.26 Å². The molecule has 0 aliphatic heterocycles. The van der Waals surface area contributed by atoms with E-state index in [-0.39, 0.29) is 0 Å². The fourth-order valence-electron chi connectivity index (χ4n) is 1.01.